The Bertz CT molecular complexity index is 695. The highest BCUT2D eigenvalue weighted by molar-refractivity contribution is 6.17. The standard InChI is InChI=1S/C20H21ClO3/c1-16(23-13-12-21)24-20-11-5-9-18(15-20)7-3-2-6-17-8-4-10-19(22)14-17/h2-11,14-16,22H,12-13H2,1H3. The van der Waals surface area contributed by atoms with Crippen molar-refractivity contribution in [2.75, 3.05) is 12.5 Å². The van der Waals surface area contributed by atoms with Crippen molar-refractivity contribution in [1.29, 1.82) is 0 Å². The van der Waals surface area contributed by atoms with Crippen molar-refractivity contribution in [3.8, 4) is 11.5 Å². The number of benzene rings is 2. The molecule has 0 saturated carbocycles. The van der Waals surface area contributed by atoms with Gasteiger partial charge < -0.3 is 14.6 Å². The van der Waals surface area contributed by atoms with Gasteiger partial charge in [-0.3, -0.25) is 0 Å². The van der Waals surface area contributed by atoms with E-state index in [1.54, 1.807) is 12.1 Å². The van der Waals surface area contributed by atoms with Gasteiger partial charge in [0.25, 0.3) is 0 Å². The number of ether oxygens (including phenoxy) is 2. The van der Waals surface area contributed by atoms with Crippen molar-refractivity contribution in [2.24, 2.45) is 0 Å². The summed E-state index contributed by atoms with van der Waals surface area (Å²) >= 11 is 5.59. The van der Waals surface area contributed by atoms with Crippen LogP contribution >= 0.6 is 11.6 Å². The van der Waals surface area contributed by atoms with E-state index in [0.717, 1.165) is 16.9 Å². The van der Waals surface area contributed by atoms with Gasteiger partial charge in [0, 0.05) is 5.88 Å². The first kappa shape index (κ1) is 18.1. The molecule has 0 heterocycles. The van der Waals surface area contributed by atoms with Crippen LogP contribution in [0.4, 0.5) is 0 Å². The first-order valence-corrected chi connectivity index (χ1v) is 8.29. The summed E-state index contributed by atoms with van der Waals surface area (Å²) in [6, 6.07) is 14.9. The van der Waals surface area contributed by atoms with Crippen LogP contribution < -0.4 is 4.74 Å². The topological polar surface area (TPSA) is 38.7 Å². The van der Waals surface area contributed by atoms with Gasteiger partial charge in [-0.15, -0.1) is 11.6 Å². The first-order chi connectivity index (χ1) is 11.7. The molecular weight excluding hydrogens is 324 g/mol. The lowest BCUT2D eigenvalue weighted by Crippen LogP contribution is -2.17. The normalized spacial score (nSPS) is 12.8. The fraction of sp³-hybridized carbons (Fsp3) is 0.200. The molecule has 0 aromatic heterocycles. The van der Waals surface area contributed by atoms with Crippen molar-refractivity contribution >= 4 is 23.8 Å². The molecule has 0 radical (unpaired) electrons. The summed E-state index contributed by atoms with van der Waals surface area (Å²) in [5.74, 6) is 1.45. The van der Waals surface area contributed by atoms with E-state index >= 15 is 0 Å². The zero-order valence-corrected chi connectivity index (χ0v) is 14.3. The fourth-order valence-electron chi connectivity index (χ4n) is 2.09. The minimum absolute atomic E-state index is 0.261. The molecule has 24 heavy (non-hydrogen) atoms. The van der Waals surface area contributed by atoms with Crippen molar-refractivity contribution in [1.82, 2.24) is 0 Å². The van der Waals surface area contributed by atoms with Gasteiger partial charge in [0.15, 0.2) is 6.29 Å². The Morgan fingerprint density at radius 1 is 1.04 bits per heavy atom. The Kier molecular flexibility index (Phi) is 7.40. The van der Waals surface area contributed by atoms with E-state index in [0.29, 0.717) is 12.5 Å². The van der Waals surface area contributed by atoms with Gasteiger partial charge in [0.05, 0.1) is 6.61 Å². The number of rotatable bonds is 8. The maximum Gasteiger partial charge on any atom is 0.197 e. The number of phenolic OH excluding ortho intramolecular Hbond substituents is 1. The Morgan fingerprint density at radius 3 is 2.38 bits per heavy atom. The molecule has 0 aliphatic heterocycles. The molecule has 0 aliphatic carbocycles. The molecule has 1 N–H and O–H groups in total. The third kappa shape index (κ3) is 6.49. The molecule has 0 amide bonds. The lowest BCUT2D eigenvalue weighted by Gasteiger charge is -2.14. The van der Waals surface area contributed by atoms with Gasteiger partial charge in [-0.2, -0.15) is 0 Å². The van der Waals surface area contributed by atoms with Gasteiger partial charge >= 0.3 is 0 Å². The van der Waals surface area contributed by atoms with E-state index in [9.17, 15) is 5.11 Å². The van der Waals surface area contributed by atoms with Crippen molar-refractivity contribution in [2.45, 2.75) is 13.2 Å². The molecule has 2 aromatic carbocycles. The number of phenols is 1. The zero-order chi connectivity index (χ0) is 17.2. The second-order valence-corrected chi connectivity index (χ2v) is 5.51. The highest BCUT2D eigenvalue weighted by atomic mass is 35.5. The largest absolute Gasteiger partial charge is 0.508 e. The second kappa shape index (κ2) is 9.81. The van der Waals surface area contributed by atoms with Crippen LogP contribution in [-0.2, 0) is 4.74 Å². The van der Waals surface area contributed by atoms with Crippen molar-refractivity contribution in [3.05, 3.63) is 71.8 Å². The summed E-state index contributed by atoms with van der Waals surface area (Å²) in [6.45, 7) is 2.30. The summed E-state index contributed by atoms with van der Waals surface area (Å²) in [7, 11) is 0. The van der Waals surface area contributed by atoms with Crippen LogP contribution in [0.3, 0.4) is 0 Å². The van der Waals surface area contributed by atoms with E-state index in [4.69, 9.17) is 21.1 Å². The minimum Gasteiger partial charge on any atom is -0.508 e. The molecule has 2 rings (SSSR count). The predicted molar refractivity (Wildman–Crippen MR) is 99.4 cm³/mol. The Morgan fingerprint density at radius 2 is 1.71 bits per heavy atom. The number of alkyl halides is 1. The van der Waals surface area contributed by atoms with E-state index in [1.165, 1.54) is 0 Å². The van der Waals surface area contributed by atoms with Gasteiger partial charge in [0.1, 0.15) is 11.5 Å². The monoisotopic (exact) mass is 344 g/mol. The quantitative estimate of drug-likeness (QED) is 0.411. The highest BCUT2D eigenvalue weighted by Gasteiger charge is 2.03. The van der Waals surface area contributed by atoms with Crippen molar-refractivity contribution in [3.63, 3.8) is 0 Å². The van der Waals surface area contributed by atoms with Gasteiger partial charge in [0.2, 0.25) is 0 Å². The highest BCUT2D eigenvalue weighted by Crippen LogP contribution is 2.17. The number of hydrogen-bond donors (Lipinski definition) is 1. The van der Waals surface area contributed by atoms with E-state index in [2.05, 4.69) is 0 Å². The van der Waals surface area contributed by atoms with Crippen LogP contribution in [0.15, 0.2) is 60.7 Å². The van der Waals surface area contributed by atoms with E-state index < -0.39 is 0 Å². The molecule has 0 aliphatic rings. The van der Waals surface area contributed by atoms with Crippen LogP contribution in [0.2, 0.25) is 0 Å². The van der Waals surface area contributed by atoms with Gasteiger partial charge in [-0.05, 0) is 42.3 Å². The average Bonchev–Trinajstić information content (AvgIpc) is 2.57. The maximum atomic E-state index is 9.42. The molecule has 0 bridgehead atoms. The molecule has 0 saturated heterocycles. The molecule has 2 aromatic rings. The minimum atomic E-state index is -0.339. The lowest BCUT2D eigenvalue weighted by molar-refractivity contribution is -0.0605. The van der Waals surface area contributed by atoms with Crippen LogP contribution in [0.25, 0.3) is 12.2 Å². The molecular formula is C20H21ClO3. The van der Waals surface area contributed by atoms with Crippen LogP contribution in [0, 0.1) is 0 Å². The average molecular weight is 345 g/mol. The first-order valence-electron chi connectivity index (χ1n) is 7.75. The van der Waals surface area contributed by atoms with Crippen LogP contribution in [0.1, 0.15) is 18.1 Å². The molecule has 4 heteroatoms. The Labute approximate surface area is 147 Å². The summed E-state index contributed by atoms with van der Waals surface area (Å²) in [4.78, 5) is 0. The number of halogens is 1. The lowest BCUT2D eigenvalue weighted by atomic mass is 10.1. The molecule has 0 spiro atoms. The zero-order valence-electron chi connectivity index (χ0n) is 13.6. The third-order valence-electron chi connectivity index (χ3n) is 3.15. The smallest absolute Gasteiger partial charge is 0.197 e. The molecule has 1 atom stereocenters. The Hall–Kier alpha value is -2.23. The van der Waals surface area contributed by atoms with Crippen LogP contribution in [-0.4, -0.2) is 23.9 Å². The van der Waals surface area contributed by atoms with E-state index in [-0.39, 0.29) is 12.0 Å². The summed E-state index contributed by atoms with van der Waals surface area (Å²) in [6.07, 6.45) is 7.44. The van der Waals surface area contributed by atoms with Crippen molar-refractivity contribution < 1.29 is 14.6 Å². The summed E-state index contributed by atoms with van der Waals surface area (Å²) < 4.78 is 11.1. The third-order valence-corrected chi connectivity index (χ3v) is 3.30. The number of allylic oxidation sites excluding steroid dienone is 2. The van der Waals surface area contributed by atoms with Gasteiger partial charge in [-0.1, -0.05) is 48.6 Å². The molecule has 3 nitrogen and oxygen atoms in total. The number of aromatic hydroxyl groups is 1. The summed E-state index contributed by atoms with van der Waals surface area (Å²) in [5, 5.41) is 9.42. The van der Waals surface area contributed by atoms with Gasteiger partial charge in [-0.25, -0.2) is 0 Å². The van der Waals surface area contributed by atoms with E-state index in [1.807, 2.05) is 67.6 Å². The molecule has 0 fully saturated rings. The predicted octanol–water partition coefficient (Wildman–Crippen LogP) is 5.10. The number of hydrogen-bond acceptors (Lipinski definition) is 3. The Balaban J connectivity index is 1.93. The fourth-order valence-corrected chi connectivity index (χ4v) is 2.18. The molecule has 126 valence electrons. The maximum absolute atomic E-state index is 9.42. The second-order valence-electron chi connectivity index (χ2n) is 5.13. The van der Waals surface area contributed by atoms with Crippen LogP contribution in [0.5, 0.6) is 11.5 Å². The summed E-state index contributed by atoms with van der Waals surface area (Å²) in [5.41, 5.74) is 1.97. The molecule has 1 unspecified atom stereocenters. The SMILES string of the molecule is CC(OCCCl)Oc1cccc(C=CC=Cc2cccc(O)c2)c1.